The third kappa shape index (κ3) is 1.95. The van der Waals surface area contributed by atoms with Crippen molar-refractivity contribution >= 4 is 5.91 Å². The molecular weight excluding hydrogens is 208 g/mol. The number of nitrogens with zero attached hydrogens (tertiary/aromatic N) is 2. The first-order chi connectivity index (χ1) is 7.59. The van der Waals surface area contributed by atoms with Gasteiger partial charge in [0.1, 0.15) is 0 Å². The van der Waals surface area contributed by atoms with Crippen LogP contribution in [-0.2, 0) is 0 Å². The van der Waals surface area contributed by atoms with Gasteiger partial charge in [-0.15, -0.1) is 0 Å². The summed E-state index contributed by atoms with van der Waals surface area (Å²) in [6, 6.07) is 0. The first-order valence-corrected chi connectivity index (χ1v) is 5.48. The van der Waals surface area contributed by atoms with E-state index >= 15 is 0 Å². The first kappa shape index (κ1) is 11.1. The van der Waals surface area contributed by atoms with Crippen LogP contribution in [0.25, 0.3) is 0 Å². The topological polar surface area (TPSA) is 66.6 Å². The van der Waals surface area contributed by atoms with E-state index in [2.05, 4.69) is 5.16 Å². The molecule has 1 aromatic heterocycles. The standard InChI is InChI=1S/C11H16N2O3/c1-7-5-12-16-10(7)11(15)13-4-3-9(14)8(2)6-13/h5,8-9,14H,3-4,6H2,1-2H3. The van der Waals surface area contributed by atoms with Gasteiger partial charge in [-0.1, -0.05) is 12.1 Å². The normalized spacial score (nSPS) is 25.8. The van der Waals surface area contributed by atoms with E-state index in [9.17, 15) is 9.90 Å². The number of likely N-dealkylation sites (tertiary alicyclic amines) is 1. The maximum atomic E-state index is 12.0. The average Bonchev–Trinajstić information content (AvgIpc) is 2.67. The molecule has 0 aliphatic carbocycles. The lowest BCUT2D eigenvalue weighted by molar-refractivity contribution is 0.0274. The van der Waals surface area contributed by atoms with Crippen LogP contribution in [0.2, 0.25) is 0 Å². The number of aliphatic hydroxyl groups excluding tert-OH is 1. The number of rotatable bonds is 1. The van der Waals surface area contributed by atoms with Crippen molar-refractivity contribution in [2.45, 2.75) is 26.4 Å². The molecule has 2 rings (SSSR count). The van der Waals surface area contributed by atoms with Crippen LogP contribution >= 0.6 is 0 Å². The van der Waals surface area contributed by atoms with Gasteiger partial charge in [-0.05, 0) is 19.3 Å². The van der Waals surface area contributed by atoms with Gasteiger partial charge in [-0.2, -0.15) is 0 Å². The molecule has 0 bridgehead atoms. The molecule has 2 atom stereocenters. The highest BCUT2D eigenvalue weighted by Gasteiger charge is 2.29. The Morgan fingerprint density at radius 3 is 3.00 bits per heavy atom. The van der Waals surface area contributed by atoms with Gasteiger partial charge in [0.25, 0.3) is 5.91 Å². The van der Waals surface area contributed by atoms with Gasteiger partial charge in [0.15, 0.2) is 0 Å². The van der Waals surface area contributed by atoms with Crippen LogP contribution in [0, 0.1) is 12.8 Å². The van der Waals surface area contributed by atoms with Crippen LogP contribution in [0.4, 0.5) is 0 Å². The fourth-order valence-electron chi connectivity index (χ4n) is 1.96. The number of hydrogen-bond donors (Lipinski definition) is 1. The Hall–Kier alpha value is -1.36. The van der Waals surface area contributed by atoms with E-state index in [1.54, 1.807) is 11.8 Å². The lowest BCUT2D eigenvalue weighted by atomic mass is 9.96. The molecule has 88 valence electrons. The van der Waals surface area contributed by atoms with Gasteiger partial charge < -0.3 is 14.5 Å². The first-order valence-electron chi connectivity index (χ1n) is 5.48. The predicted octanol–water partition coefficient (Wildman–Crippen LogP) is 0.826. The van der Waals surface area contributed by atoms with Gasteiger partial charge in [-0.25, -0.2) is 0 Å². The van der Waals surface area contributed by atoms with Gasteiger partial charge >= 0.3 is 0 Å². The number of piperidine rings is 1. The molecule has 0 spiro atoms. The maximum Gasteiger partial charge on any atom is 0.292 e. The Kier molecular flexibility index (Phi) is 2.96. The Morgan fingerprint density at radius 1 is 1.69 bits per heavy atom. The lowest BCUT2D eigenvalue weighted by Crippen LogP contribution is -2.45. The highest BCUT2D eigenvalue weighted by Crippen LogP contribution is 2.19. The molecular formula is C11H16N2O3. The third-order valence-corrected chi connectivity index (χ3v) is 3.09. The van der Waals surface area contributed by atoms with Crippen molar-refractivity contribution < 1.29 is 14.4 Å². The van der Waals surface area contributed by atoms with E-state index in [0.717, 1.165) is 5.56 Å². The highest BCUT2D eigenvalue weighted by atomic mass is 16.5. The molecule has 0 saturated carbocycles. The zero-order chi connectivity index (χ0) is 11.7. The van der Waals surface area contributed by atoms with Crippen LogP contribution in [0.5, 0.6) is 0 Å². The summed E-state index contributed by atoms with van der Waals surface area (Å²) in [5.41, 5.74) is 0.753. The molecule has 5 heteroatoms. The summed E-state index contributed by atoms with van der Waals surface area (Å²) in [4.78, 5) is 13.8. The number of aliphatic hydroxyl groups is 1. The van der Waals surface area contributed by atoms with Crippen LogP contribution in [-0.4, -0.2) is 40.3 Å². The van der Waals surface area contributed by atoms with Crippen molar-refractivity contribution in [1.82, 2.24) is 10.1 Å². The minimum absolute atomic E-state index is 0.112. The van der Waals surface area contributed by atoms with Gasteiger partial charge in [0.2, 0.25) is 5.76 Å². The van der Waals surface area contributed by atoms with Crippen molar-refractivity contribution in [2.75, 3.05) is 13.1 Å². The molecule has 1 aromatic rings. The maximum absolute atomic E-state index is 12.0. The highest BCUT2D eigenvalue weighted by molar-refractivity contribution is 5.92. The molecule has 2 heterocycles. The van der Waals surface area contributed by atoms with E-state index in [0.29, 0.717) is 25.3 Å². The predicted molar refractivity (Wildman–Crippen MR) is 56.9 cm³/mol. The van der Waals surface area contributed by atoms with E-state index in [1.165, 1.54) is 6.20 Å². The summed E-state index contributed by atoms with van der Waals surface area (Å²) in [7, 11) is 0. The van der Waals surface area contributed by atoms with Crippen molar-refractivity contribution in [1.29, 1.82) is 0 Å². The molecule has 5 nitrogen and oxygen atoms in total. The second-order valence-corrected chi connectivity index (χ2v) is 4.42. The van der Waals surface area contributed by atoms with Crippen LogP contribution in [0.1, 0.15) is 29.5 Å². The molecule has 1 amide bonds. The summed E-state index contributed by atoms with van der Waals surface area (Å²) < 4.78 is 4.94. The number of aryl methyl sites for hydroxylation is 1. The van der Waals surface area contributed by atoms with Crippen LogP contribution in [0.3, 0.4) is 0 Å². The van der Waals surface area contributed by atoms with Gasteiger partial charge in [0.05, 0.1) is 12.3 Å². The Labute approximate surface area is 94.0 Å². The van der Waals surface area contributed by atoms with E-state index in [-0.39, 0.29) is 17.9 Å². The lowest BCUT2D eigenvalue weighted by Gasteiger charge is -2.33. The van der Waals surface area contributed by atoms with E-state index < -0.39 is 0 Å². The van der Waals surface area contributed by atoms with E-state index in [1.807, 2.05) is 6.92 Å². The number of carbonyl (C=O) groups is 1. The average molecular weight is 224 g/mol. The Balaban J connectivity index is 2.09. The minimum atomic E-state index is -0.306. The second kappa shape index (κ2) is 4.25. The minimum Gasteiger partial charge on any atom is -0.393 e. The largest absolute Gasteiger partial charge is 0.393 e. The molecule has 1 aliphatic rings. The summed E-state index contributed by atoms with van der Waals surface area (Å²) >= 11 is 0. The van der Waals surface area contributed by atoms with Gasteiger partial charge in [0, 0.05) is 18.7 Å². The third-order valence-electron chi connectivity index (χ3n) is 3.09. The van der Waals surface area contributed by atoms with Crippen molar-refractivity contribution in [3.8, 4) is 0 Å². The smallest absolute Gasteiger partial charge is 0.292 e. The SMILES string of the molecule is Cc1cnoc1C(=O)N1CCC(O)C(C)C1. The van der Waals surface area contributed by atoms with Crippen LogP contribution < -0.4 is 0 Å². The molecule has 1 saturated heterocycles. The van der Waals surface area contributed by atoms with Crippen LogP contribution in [0.15, 0.2) is 10.7 Å². The fourth-order valence-corrected chi connectivity index (χ4v) is 1.96. The molecule has 2 unspecified atom stereocenters. The molecule has 1 fully saturated rings. The summed E-state index contributed by atoms with van der Waals surface area (Å²) in [6.07, 6.45) is 1.86. The summed E-state index contributed by atoms with van der Waals surface area (Å²) in [6.45, 7) is 4.88. The van der Waals surface area contributed by atoms with Crippen molar-refractivity contribution in [3.05, 3.63) is 17.5 Å². The molecule has 0 radical (unpaired) electrons. The molecule has 0 aromatic carbocycles. The van der Waals surface area contributed by atoms with Gasteiger partial charge in [-0.3, -0.25) is 4.79 Å². The number of hydrogen-bond acceptors (Lipinski definition) is 4. The fraction of sp³-hybridized carbons (Fsp3) is 0.636. The second-order valence-electron chi connectivity index (χ2n) is 4.42. The zero-order valence-corrected chi connectivity index (χ0v) is 9.51. The molecule has 16 heavy (non-hydrogen) atoms. The Bertz CT molecular complexity index is 388. The summed E-state index contributed by atoms with van der Waals surface area (Å²) in [5, 5.41) is 13.2. The van der Waals surface area contributed by atoms with Crippen molar-refractivity contribution in [3.63, 3.8) is 0 Å². The quantitative estimate of drug-likeness (QED) is 0.767. The zero-order valence-electron chi connectivity index (χ0n) is 9.51. The monoisotopic (exact) mass is 224 g/mol. The number of carbonyl (C=O) groups excluding carboxylic acids is 1. The Morgan fingerprint density at radius 2 is 2.44 bits per heavy atom. The molecule has 1 N–H and O–H groups in total. The van der Waals surface area contributed by atoms with Crippen molar-refractivity contribution in [2.24, 2.45) is 5.92 Å². The van der Waals surface area contributed by atoms with E-state index in [4.69, 9.17) is 4.52 Å². The summed E-state index contributed by atoms with van der Waals surface area (Å²) in [5.74, 6) is 0.290. The number of amides is 1. The number of aromatic nitrogens is 1. The molecule has 1 aliphatic heterocycles.